The maximum atomic E-state index is 10.5. The van der Waals surface area contributed by atoms with Crippen molar-refractivity contribution >= 4 is 29.2 Å². The van der Waals surface area contributed by atoms with Crippen LogP contribution in [0.4, 0.5) is 0 Å². The van der Waals surface area contributed by atoms with Gasteiger partial charge in [0.05, 0.1) is 10.0 Å². The Labute approximate surface area is 82.9 Å². The van der Waals surface area contributed by atoms with Crippen LogP contribution in [0.3, 0.4) is 0 Å². The molecule has 1 aromatic carbocycles. The number of hydrogen-bond donors (Lipinski definition) is 3. The van der Waals surface area contributed by atoms with Gasteiger partial charge in [0.2, 0.25) is 0 Å². The summed E-state index contributed by atoms with van der Waals surface area (Å²) in [6, 6.07) is 0.964. The summed E-state index contributed by atoms with van der Waals surface area (Å²) >= 11 is 11.0. The number of hydrogen-bond acceptors (Lipinski definition) is 3. The molecule has 0 amide bonds. The lowest BCUT2D eigenvalue weighted by Crippen LogP contribution is -1.98. The van der Waals surface area contributed by atoms with Crippen molar-refractivity contribution in [2.45, 2.75) is 0 Å². The molecule has 0 saturated heterocycles. The number of aromatic carboxylic acids is 1. The summed E-state index contributed by atoms with van der Waals surface area (Å²) in [6.45, 7) is 0. The largest absolute Gasteiger partial charge is 0.504 e. The number of carboxylic acid groups (broad SMARTS) is 1. The molecule has 0 saturated carbocycles. The quantitative estimate of drug-likeness (QED) is 0.637. The van der Waals surface area contributed by atoms with Crippen molar-refractivity contribution in [1.82, 2.24) is 0 Å². The fraction of sp³-hybridized carbons (Fsp3) is 0. The molecule has 1 rings (SSSR count). The summed E-state index contributed by atoms with van der Waals surface area (Å²) in [5.74, 6) is -2.87. The summed E-state index contributed by atoms with van der Waals surface area (Å²) in [5, 5.41) is 26.2. The van der Waals surface area contributed by atoms with Crippen molar-refractivity contribution in [3.05, 3.63) is 21.7 Å². The number of carboxylic acids is 1. The average Bonchev–Trinajstić information content (AvgIpc) is 2.01. The van der Waals surface area contributed by atoms with Crippen molar-refractivity contribution in [1.29, 1.82) is 0 Å². The highest BCUT2D eigenvalue weighted by molar-refractivity contribution is 6.44. The van der Waals surface area contributed by atoms with Crippen molar-refractivity contribution in [2.24, 2.45) is 0 Å². The molecule has 0 radical (unpaired) electrons. The zero-order valence-corrected chi connectivity index (χ0v) is 7.60. The second-order valence-corrected chi connectivity index (χ2v) is 3.01. The van der Waals surface area contributed by atoms with Crippen LogP contribution in [0.5, 0.6) is 11.5 Å². The van der Waals surface area contributed by atoms with E-state index in [-0.39, 0.29) is 10.0 Å². The third-order valence-electron chi connectivity index (χ3n) is 1.39. The standard InChI is InChI=1S/C7H4Cl2O4/c8-2-1-3(10)6(11)4(5(2)9)7(12)13/h1,10-11H,(H,12,13). The Balaban J connectivity index is 3.56. The van der Waals surface area contributed by atoms with E-state index in [1.165, 1.54) is 0 Å². The highest BCUT2D eigenvalue weighted by Gasteiger charge is 2.20. The first-order valence-corrected chi connectivity index (χ1v) is 3.84. The first-order valence-electron chi connectivity index (χ1n) is 3.08. The average molecular weight is 223 g/mol. The van der Waals surface area contributed by atoms with Gasteiger partial charge in [0.25, 0.3) is 0 Å². The molecule has 0 atom stereocenters. The number of aromatic hydroxyl groups is 2. The van der Waals surface area contributed by atoms with E-state index < -0.39 is 23.0 Å². The van der Waals surface area contributed by atoms with E-state index >= 15 is 0 Å². The molecular formula is C7H4Cl2O4. The molecule has 0 heterocycles. The Morgan fingerprint density at radius 2 is 1.85 bits per heavy atom. The first-order chi connectivity index (χ1) is 5.95. The maximum absolute atomic E-state index is 10.5. The Bertz CT molecular complexity index is 349. The van der Waals surface area contributed by atoms with E-state index in [9.17, 15) is 4.79 Å². The van der Waals surface area contributed by atoms with Gasteiger partial charge in [-0.25, -0.2) is 4.79 Å². The van der Waals surface area contributed by atoms with Crippen LogP contribution < -0.4 is 0 Å². The summed E-state index contributed by atoms with van der Waals surface area (Å²) in [5.41, 5.74) is -0.605. The van der Waals surface area contributed by atoms with Crippen LogP contribution in [0.15, 0.2) is 6.07 Å². The number of phenolic OH excluding ortho intramolecular Hbond substituents is 1. The van der Waals surface area contributed by atoms with Gasteiger partial charge in [0.15, 0.2) is 11.5 Å². The normalized spacial score (nSPS) is 10.0. The molecule has 0 aliphatic rings. The molecule has 1 aromatic rings. The molecule has 0 aliphatic carbocycles. The van der Waals surface area contributed by atoms with Gasteiger partial charge >= 0.3 is 5.97 Å². The van der Waals surface area contributed by atoms with Crippen molar-refractivity contribution in [3.63, 3.8) is 0 Å². The Hall–Kier alpha value is -1.13. The second-order valence-electron chi connectivity index (χ2n) is 2.22. The number of halogens is 2. The number of phenols is 2. The second kappa shape index (κ2) is 3.32. The molecule has 6 heteroatoms. The van der Waals surface area contributed by atoms with Gasteiger partial charge in [-0.15, -0.1) is 0 Å². The summed E-state index contributed by atoms with van der Waals surface area (Å²) in [6.07, 6.45) is 0. The predicted molar refractivity (Wildman–Crippen MR) is 46.8 cm³/mol. The van der Waals surface area contributed by atoms with Gasteiger partial charge in [0, 0.05) is 6.07 Å². The van der Waals surface area contributed by atoms with Gasteiger partial charge < -0.3 is 15.3 Å². The lowest BCUT2D eigenvalue weighted by atomic mass is 10.2. The van der Waals surface area contributed by atoms with Crippen LogP contribution in [-0.4, -0.2) is 21.3 Å². The summed E-state index contributed by atoms with van der Waals surface area (Å²) < 4.78 is 0. The van der Waals surface area contributed by atoms with Crippen LogP contribution in [0.25, 0.3) is 0 Å². The van der Waals surface area contributed by atoms with Gasteiger partial charge in [-0.2, -0.15) is 0 Å². The molecule has 0 unspecified atom stereocenters. The van der Waals surface area contributed by atoms with E-state index in [0.717, 1.165) is 6.07 Å². The molecule has 13 heavy (non-hydrogen) atoms. The lowest BCUT2D eigenvalue weighted by molar-refractivity contribution is 0.0693. The van der Waals surface area contributed by atoms with Gasteiger partial charge in [-0.3, -0.25) is 0 Å². The molecule has 3 N–H and O–H groups in total. The number of carbonyl (C=O) groups is 1. The van der Waals surface area contributed by atoms with Crippen molar-refractivity contribution in [3.8, 4) is 11.5 Å². The SMILES string of the molecule is O=C(O)c1c(O)c(O)cc(Cl)c1Cl. The lowest BCUT2D eigenvalue weighted by Gasteiger charge is -2.05. The van der Waals surface area contributed by atoms with E-state index in [0.29, 0.717) is 0 Å². The third-order valence-corrected chi connectivity index (χ3v) is 2.17. The van der Waals surface area contributed by atoms with Gasteiger partial charge in [0.1, 0.15) is 5.56 Å². The van der Waals surface area contributed by atoms with Gasteiger partial charge in [-0.05, 0) is 0 Å². The molecule has 0 aliphatic heterocycles. The Morgan fingerprint density at radius 1 is 1.31 bits per heavy atom. The zero-order valence-electron chi connectivity index (χ0n) is 6.08. The van der Waals surface area contributed by atoms with Crippen LogP contribution >= 0.6 is 23.2 Å². The molecule has 70 valence electrons. The van der Waals surface area contributed by atoms with Crippen LogP contribution in [0, 0.1) is 0 Å². The van der Waals surface area contributed by atoms with Crippen LogP contribution in [-0.2, 0) is 0 Å². The third kappa shape index (κ3) is 1.64. The zero-order chi connectivity index (χ0) is 10.2. The molecule has 4 nitrogen and oxygen atoms in total. The van der Waals surface area contributed by atoms with Crippen molar-refractivity contribution in [2.75, 3.05) is 0 Å². The van der Waals surface area contributed by atoms with E-state index in [2.05, 4.69) is 0 Å². The summed E-state index contributed by atoms with van der Waals surface area (Å²) in [7, 11) is 0. The maximum Gasteiger partial charge on any atom is 0.341 e. The molecule has 0 fully saturated rings. The van der Waals surface area contributed by atoms with Crippen LogP contribution in [0.2, 0.25) is 10.0 Å². The fourth-order valence-electron chi connectivity index (χ4n) is 0.798. The highest BCUT2D eigenvalue weighted by Crippen LogP contribution is 2.39. The molecule has 0 bridgehead atoms. The smallest absolute Gasteiger partial charge is 0.341 e. The Morgan fingerprint density at radius 3 is 2.31 bits per heavy atom. The van der Waals surface area contributed by atoms with Crippen LogP contribution in [0.1, 0.15) is 10.4 Å². The molecule has 0 spiro atoms. The van der Waals surface area contributed by atoms with Crippen molar-refractivity contribution < 1.29 is 20.1 Å². The highest BCUT2D eigenvalue weighted by atomic mass is 35.5. The minimum atomic E-state index is -1.46. The van der Waals surface area contributed by atoms with Gasteiger partial charge in [-0.1, -0.05) is 23.2 Å². The molecular weight excluding hydrogens is 219 g/mol. The Kier molecular flexibility index (Phi) is 2.54. The minimum absolute atomic E-state index is 0.130. The summed E-state index contributed by atoms with van der Waals surface area (Å²) in [4.78, 5) is 10.5. The predicted octanol–water partition coefficient (Wildman–Crippen LogP) is 2.10. The van der Waals surface area contributed by atoms with E-state index in [1.54, 1.807) is 0 Å². The topological polar surface area (TPSA) is 77.8 Å². The minimum Gasteiger partial charge on any atom is -0.504 e. The number of benzene rings is 1. The van der Waals surface area contributed by atoms with E-state index in [4.69, 9.17) is 38.5 Å². The first kappa shape index (κ1) is 9.95. The van der Waals surface area contributed by atoms with E-state index in [1.807, 2.05) is 0 Å². The fourth-order valence-corrected chi connectivity index (χ4v) is 1.22. The number of rotatable bonds is 1. The monoisotopic (exact) mass is 222 g/mol. The molecule has 0 aromatic heterocycles.